The van der Waals surface area contributed by atoms with Gasteiger partial charge in [-0.15, -0.1) is 12.4 Å². The molecule has 0 aromatic carbocycles. The lowest BCUT2D eigenvalue weighted by Crippen LogP contribution is -2.28. The van der Waals surface area contributed by atoms with Crippen LogP contribution < -0.4 is 5.73 Å². The van der Waals surface area contributed by atoms with Crippen molar-refractivity contribution in [3.63, 3.8) is 0 Å². The molecule has 0 bridgehead atoms. The van der Waals surface area contributed by atoms with Crippen LogP contribution in [-0.2, 0) is 9.53 Å². The van der Waals surface area contributed by atoms with Crippen molar-refractivity contribution in [3.05, 3.63) is 0 Å². The largest absolute Gasteiger partial charge is 0.465 e. The number of rotatable bonds is 12. The number of esters is 1. The van der Waals surface area contributed by atoms with E-state index in [9.17, 15) is 4.79 Å². The summed E-state index contributed by atoms with van der Waals surface area (Å²) < 4.78 is 5.01. The fourth-order valence-electron chi connectivity index (χ4n) is 1.89. The highest BCUT2D eigenvalue weighted by molar-refractivity contribution is 5.85. The Balaban J connectivity index is 0. The van der Waals surface area contributed by atoms with Gasteiger partial charge in [-0.3, -0.25) is 4.79 Å². The number of carbonyl (C=O) groups is 1. The number of halogens is 1. The van der Waals surface area contributed by atoms with Gasteiger partial charge in [0.2, 0.25) is 0 Å². The molecule has 0 heterocycles. The number of unbranched alkanes of at least 4 members (excludes halogenated alkanes) is 9. The molecule has 4 heteroatoms. The normalized spacial score (nSPS) is 11.7. The summed E-state index contributed by atoms with van der Waals surface area (Å²) in [6, 6.07) is -0.492. The second-order valence-corrected chi connectivity index (χ2v) is 5.14. The summed E-state index contributed by atoms with van der Waals surface area (Å²) in [6.45, 7) is 4.43. The van der Waals surface area contributed by atoms with E-state index in [1.54, 1.807) is 6.92 Å². The lowest BCUT2D eigenvalue weighted by molar-refractivity contribution is -0.144. The summed E-state index contributed by atoms with van der Waals surface area (Å²) in [7, 11) is 0. The highest BCUT2D eigenvalue weighted by atomic mass is 35.5. The molecular weight excluding hydrogens is 262 g/mol. The van der Waals surface area contributed by atoms with E-state index in [1.165, 1.54) is 51.4 Å². The van der Waals surface area contributed by atoms with Gasteiger partial charge in [-0.1, -0.05) is 64.7 Å². The van der Waals surface area contributed by atoms with E-state index in [1.807, 2.05) is 0 Å². The van der Waals surface area contributed by atoms with Crippen LogP contribution in [0.2, 0.25) is 0 Å². The number of hydrogen-bond donors (Lipinski definition) is 1. The van der Waals surface area contributed by atoms with Gasteiger partial charge in [-0.25, -0.2) is 0 Å². The Labute approximate surface area is 125 Å². The molecule has 19 heavy (non-hydrogen) atoms. The Morgan fingerprint density at radius 3 is 1.79 bits per heavy atom. The van der Waals surface area contributed by atoms with Crippen molar-refractivity contribution in [2.45, 2.75) is 84.1 Å². The molecule has 0 aromatic heterocycles. The predicted molar refractivity (Wildman–Crippen MR) is 83.7 cm³/mol. The molecule has 0 aromatic rings. The van der Waals surface area contributed by atoms with Crippen molar-refractivity contribution in [2.24, 2.45) is 5.73 Å². The standard InChI is InChI=1S/C15H31NO2.ClH/c1-3-4-5-6-7-8-9-10-11-12-13-18-15(17)14(2)16;/h14H,3-13,16H2,1-2H3;1H. The van der Waals surface area contributed by atoms with Crippen LogP contribution in [0, 0.1) is 0 Å². The van der Waals surface area contributed by atoms with E-state index in [0.29, 0.717) is 6.61 Å². The van der Waals surface area contributed by atoms with Gasteiger partial charge in [-0.2, -0.15) is 0 Å². The molecule has 0 aliphatic carbocycles. The molecule has 0 fully saturated rings. The van der Waals surface area contributed by atoms with E-state index < -0.39 is 6.04 Å². The van der Waals surface area contributed by atoms with Crippen molar-refractivity contribution in [2.75, 3.05) is 6.61 Å². The maximum Gasteiger partial charge on any atom is 0.322 e. The average Bonchev–Trinajstić information content (AvgIpc) is 2.35. The zero-order chi connectivity index (χ0) is 13.6. The molecule has 0 aliphatic rings. The van der Waals surface area contributed by atoms with Crippen molar-refractivity contribution in [3.8, 4) is 0 Å². The molecule has 1 atom stereocenters. The number of hydrogen-bond acceptors (Lipinski definition) is 3. The van der Waals surface area contributed by atoms with E-state index >= 15 is 0 Å². The molecule has 0 saturated carbocycles. The fourth-order valence-corrected chi connectivity index (χ4v) is 1.89. The smallest absolute Gasteiger partial charge is 0.322 e. The topological polar surface area (TPSA) is 52.3 Å². The maximum absolute atomic E-state index is 11.1. The van der Waals surface area contributed by atoms with Gasteiger partial charge >= 0.3 is 5.97 Å². The Morgan fingerprint density at radius 1 is 0.947 bits per heavy atom. The summed E-state index contributed by atoms with van der Waals surface area (Å²) in [5, 5.41) is 0. The van der Waals surface area contributed by atoms with Crippen molar-refractivity contribution in [1.29, 1.82) is 0 Å². The first-order valence-electron chi connectivity index (χ1n) is 7.60. The van der Waals surface area contributed by atoms with Gasteiger partial charge in [-0.05, 0) is 13.3 Å². The highest BCUT2D eigenvalue weighted by Gasteiger charge is 2.07. The van der Waals surface area contributed by atoms with Crippen LogP contribution in [0.1, 0.15) is 78.1 Å². The Morgan fingerprint density at radius 2 is 1.37 bits per heavy atom. The molecule has 0 aliphatic heterocycles. The summed E-state index contributed by atoms with van der Waals surface area (Å²) in [5.41, 5.74) is 5.39. The van der Waals surface area contributed by atoms with Crippen LogP contribution in [0.15, 0.2) is 0 Å². The van der Waals surface area contributed by atoms with Gasteiger partial charge in [0.05, 0.1) is 6.61 Å². The Hall–Kier alpha value is -0.280. The predicted octanol–water partition coefficient (Wildman–Crippen LogP) is 4.22. The first kappa shape index (κ1) is 21.0. The molecule has 0 rings (SSSR count). The zero-order valence-electron chi connectivity index (χ0n) is 12.7. The van der Waals surface area contributed by atoms with Crippen LogP contribution in [0.5, 0.6) is 0 Å². The summed E-state index contributed by atoms with van der Waals surface area (Å²) in [6.07, 6.45) is 12.9. The maximum atomic E-state index is 11.1. The minimum atomic E-state index is -0.492. The third-order valence-corrected chi connectivity index (χ3v) is 3.11. The molecule has 116 valence electrons. The van der Waals surface area contributed by atoms with E-state index in [4.69, 9.17) is 10.5 Å². The minimum Gasteiger partial charge on any atom is -0.465 e. The van der Waals surface area contributed by atoms with E-state index in [-0.39, 0.29) is 18.4 Å². The third kappa shape index (κ3) is 15.7. The molecule has 2 N–H and O–H groups in total. The van der Waals surface area contributed by atoms with Gasteiger partial charge < -0.3 is 10.5 Å². The molecule has 1 unspecified atom stereocenters. The highest BCUT2D eigenvalue weighted by Crippen LogP contribution is 2.10. The zero-order valence-corrected chi connectivity index (χ0v) is 13.5. The third-order valence-electron chi connectivity index (χ3n) is 3.11. The van der Waals surface area contributed by atoms with Gasteiger partial charge in [0.25, 0.3) is 0 Å². The van der Waals surface area contributed by atoms with Gasteiger partial charge in [0.15, 0.2) is 0 Å². The van der Waals surface area contributed by atoms with Crippen LogP contribution in [0.3, 0.4) is 0 Å². The molecular formula is C15H32ClNO2. The van der Waals surface area contributed by atoms with Crippen molar-refractivity contribution < 1.29 is 9.53 Å². The second-order valence-electron chi connectivity index (χ2n) is 5.14. The van der Waals surface area contributed by atoms with Crippen molar-refractivity contribution >= 4 is 18.4 Å². The molecule has 0 saturated heterocycles. The quantitative estimate of drug-likeness (QED) is 0.433. The summed E-state index contributed by atoms with van der Waals surface area (Å²) >= 11 is 0. The fraction of sp³-hybridized carbons (Fsp3) is 0.933. The molecule has 0 radical (unpaired) electrons. The van der Waals surface area contributed by atoms with E-state index in [0.717, 1.165) is 12.8 Å². The summed E-state index contributed by atoms with van der Waals surface area (Å²) in [5.74, 6) is -0.286. The summed E-state index contributed by atoms with van der Waals surface area (Å²) in [4.78, 5) is 11.1. The van der Waals surface area contributed by atoms with E-state index in [2.05, 4.69) is 6.92 Å². The molecule has 0 amide bonds. The lowest BCUT2D eigenvalue weighted by Gasteiger charge is -2.06. The minimum absolute atomic E-state index is 0. The first-order valence-corrected chi connectivity index (χ1v) is 7.60. The van der Waals surface area contributed by atoms with Crippen LogP contribution in [0.25, 0.3) is 0 Å². The van der Waals surface area contributed by atoms with Crippen LogP contribution in [-0.4, -0.2) is 18.6 Å². The first-order chi connectivity index (χ1) is 8.68. The van der Waals surface area contributed by atoms with Crippen molar-refractivity contribution in [1.82, 2.24) is 0 Å². The number of carbonyl (C=O) groups excluding carboxylic acids is 1. The monoisotopic (exact) mass is 293 g/mol. The number of nitrogens with two attached hydrogens (primary N) is 1. The lowest BCUT2D eigenvalue weighted by atomic mass is 10.1. The van der Waals surface area contributed by atoms with Gasteiger partial charge in [0, 0.05) is 0 Å². The molecule has 0 spiro atoms. The number of ether oxygens (including phenoxy) is 1. The SMILES string of the molecule is CCCCCCCCCCCCOC(=O)C(C)N.Cl. The Bertz CT molecular complexity index is 199. The van der Waals surface area contributed by atoms with Crippen LogP contribution >= 0.6 is 12.4 Å². The molecule has 3 nitrogen and oxygen atoms in total. The Kier molecular flexibility index (Phi) is 17.5. The average molecular weight is 294 g/mol. The van der Waals surface area contributed by atoms with Crippen LogP contribution in [0.4, 0.5) is 0 Å². The second kappa shape index (κ2) is 15.8. The van der Waals surface area contributed by atoms with Gasteiger partial charge in [0.1, 0.15) is 6.04 Å².